The number of carbonyl (C=O) groups is 1. The number of carboxylic acids is 1. The van der Waals surface area contributed by atoms with E-state index in [1.165, 1.54) is 13.0 Å². The summed E-state index contributed by atoms with van der Waals surface area (Å²) in [6.45, 7) is 2.56. The van der Waals surface area contributed by atoms with E-state index in [9.17, 15) is 18.0 Å². The smallest absolute Gasteiger partial charge is 0.460 e. The van der Waals surface area contributed by atoms with Gasteiger partial charge in [0.05, 0.1) is 0 Å². The molecule has 0 fully saturated rings. The van der Waals surface area contributed by atoms with Crippen LogP contribution in [0.25, 0.3) is 6.08 Å². The van der Waals surface area contributed by atoms with Gasteiger partial charge in [0, 0.05) is 12.2 Å². The number of rotatable bonds is 3. The van der Waals surface area contributed by atoms with Gasteiger partial charge in [0.15, 0.2) is 0 Å². The fourth-order valence-corrected chi connectivity index (χ4v) is 2.18. The number of hydrogen-bond donors (Lipinski definition) is 1. The molecule has 114 valence electrons. The molecule has 2 rings (SSSR count). The summed E-state index contributed by atoms with van der Waals surface area (Å²) in [4.78, 5) is 11.3. The first-order chi connectivity index (χ1) is 9.73. The van der Waals surface area contributed by atoms with E-state index in [-0.39, 0.29) is 17.9 Å². The van der Waals surface area contributed by atoms with Crippen molar-refractivity contribution in [2.75, 3.05) is 6.61 Å². The van der Waals surface area contributed by atoms with E-state index in [4.69, 9.17) is 14.6 Å². The average Bonchev–Trinajstić information content (AvgIpc) is 2.38. The van der Waals surface area contributed by atoms with Gasteiger partial charge in [-0.1, -0.05) is 18.2 Å². The summed E-state index contributed by atoms with van der Waals surface area (Å²) in [6.07, 6.45) is -4.09. The summed E-state index contributed by atoms with van der Waals surface area (Å²) < 4.78 is 50.2. The van der Waals surface area contributed by atoms with Crippen LogP contribution < -0.4 is 4.74 Å². The first kappa shape index (κ1) is 15.4. The number of ether oxygens (including phenoxy) is 2. The summed E-state index contributed by atoms with van der Waals surface area (Å²) in [7, 11) is 0. The van der Waals surface area contributed by atoms with Crippen LogP contribution in [0.1, 0.15) is 18.1 Å². The third-order valence-electron chi connectivity index (χ3n) is 3.09. The van der Waals surface area contributed by atoms with Gasteiger partial charge in [0.1, 0.15) is 11.3 Å². The maximum Gasteiger partial charge on any atom is 0.460 e. The highest BCUT2D eigenvalue weighted by atomic mass is 19.4. The van der Waals surface area contributed by atoms with Crippen molar-refractivity contribution in [3.8, 4) is 5.75 Å². The van der Waals surface area contributed by atoms with Crippen molar-refractivity contribution in [1.82, 2.24) is 0 Å². The lowest BCUT2D eigenvalue weighted by molar-refractivity contribution is -0.332. The molecule has 1 aromatic carbocycles. The number of para-hydroxylation sites is 1. The van der Waals surface area contributed by atoms with Gasteiger partial charge in [0.2, 0.25) is 0 Å². The molecule has 1 atom stereocenters. The Bertz CT molecular complexity index is 607. The minimum Gasteiger partial charge on any atom is -0.478 e. The highest BCUT2D eigenvalue weighted by Gasteiger charge is 2.65. The third-order valence-corrected chi connectivity index (χ3v) is 3.09. The molecule has 0 amide bonds. The van der Waals surface area contributed by atoms with Gasteiger partial charge in [0.25, 0.3) is 0 Å². The van der Waals surface area contributed by atoms with Gasteiger partial charge in [-0.25, -0.2) is 4.79 Å². The van der Waals surface area contributed by atoms with Crippen LogP contribution in [0.2, 0.25) is 0 Å². The number of benzene rings is 1. The summed E-state index contributed by atoms with van der Waals surface area (Å²) >= 11 is 0. The molecular formula is C14H13F3O4. The zero-order chi connectivity index (χ0) is 15.8. The number of alkyl halides is 3. The highest BCUT2D eigenvalue weighted by Crippen LogP contribution is 2.47. The molecule has 1 aliphatic rings. The molecule has 7 heteroatoms. The van der Waals surface area contributed by atoms with Gasteiger partial charge < -0.3 is 14.6 Å². The van der Waals surface area contributed by atoms with Crippen molar-refractivity contribution in [3.63, 3.8) is 0 Å². The molecule has 0 saturated heterocycles. The van der Waals surface area contributed by atoms with Crippen LogP contribution in [0, 0.1) is 6.92 Å². The predicted octanol–water partition coefficient (Wildman–Crippen LogP) is 3.15. The van der Waals surface area contributed by atoms with Crippen molar-refractivity contribution < 1.29 is 32.5 Å². The van der Waals surface area contributed by atoms with Gasteiger partial charge in [-0.3, -0.25) is 0 Å². The lowest BCUT2D eigenvalue weighted by Crippen LogP contribution is -2.57. The molecule has 21 heavy (non-hydrogen) atoms. The molecular weight excluding hydrogens is 289 g/mol. The number of halogens is 3. The van der Waals surface area contributed by atoms with Crippen LogP contribution in [0.3, 0.4) is 0 Å². The summed E-state index contributed by atoms with van der Waals surface area (Å²) in [5.74, 6) is -5.08. The Morgan fingerprint density at radius 3 is 2.62 bits per heavy atom. The van der Waals surface area contributed by atoms with E-state index in [0.29, 0.717) is 5.56 Å². The van der Waals surface area contributed by atoms with Gasteiger partial charge in [-0.15, -0.1) is 0 Å². The maximum atomic E-state index is 13.5. The number of aryl methyl sites for hydroxylation is 1. The van der Waals surface area contributed by atoms with Crippen LogP contribution >= 0.6 is 0 Å². The lowest BCUT2D eigenvalue weighted by Gasteiger charge is -2.38. The predicted molar refractivity (Wildman–Crippen MR) is 67.8 cm³/mol. The van der Waals surface area contributed by atoms with Crippen LogP contribution in [0.4, 0.5) is 13.2 Å². The zero-order valence-electron chi connectivity index (χ0n) is 11.3. The Balaban J connectivity index is 2.72. The molecule has 4 nitrogen and oxygen atoms in total. The van der Waals surface area contributed by atoms with Crippen LogP contribution in [-0.2, 0) is 9.53 Å². The number of fused-ring (bicyclic) bond motifs is 1. The molecule has 0 spiro atoms. The molecule has 1 heterocycles. The molecule has 0 aliphatic carbocycles. The van der Waals surface area contributed by atoms with Crippen molar-refractivity contribution in [2.24, 2.45) is 0 Å². The maximum absolute atomic E-state index is 13.5. The quantitative estimate of drug-likeness (QED) is 0.932. The third kappa shape index (κ3) is 2.37. The first-order valence-electron chi connectivity index (χ1n) is 6.17. The fourth-order valence-electron chi connectivity index (χ4n) is 2.18. The minimum atomic E-state index is -5.03. The van der Waals surface area contributed by atoms with E-state index >= 15 is 0 Å². The van der Waals surface area contributed by atoms with Crippen molar-refractivity contribution in [1.29, 1.82) is 0 Å². The van der Waals surface area contributed by atoms with Gasteiger partial charge in [-0.05, 0) is 25.5 Å². The Labute approximate surface area is 118 Å². The van der Waals surface area contributed by atoms with Crippen LogP contribution in [0.15, 0.2) is 23.8 Å². The van der Waals surface area contributed by atoms with Gasteiger partial charge >= 0.3 is 17.9 Å². The van der Waals surface area contributed by atoms with E-state index < -0.39 is 23.5 Å². The molecule has 0 aromatic heterocycles. The molecule has 1 N–H and O–H groups in total. The second kappa shape index (κ2) is 5.07. The molecule has 0 saturated carbocycles. The topological polar surface area (TPSA) is 55.8 Å². The monoisotopic (exact) mass is 302 g/mol. The van der Waals surface area contributed by atoms with E-state index in [1.807, 2.05) is 0 Å². The molecule has 1 aromatic rings. The highest BCUT2D eigenvalue weighted by molar-refractivity contribution is 5.96. The Kier molecular flexibility index (Phi) is 3.71. The molecule has 0 bridgehead atoms. The summed E-state index contributed by atoms with van der Waals surface area (Å²) in [5, 5.41) is 9.13. The lowest BCUT2D eigenvalue weighted by atomic mass is 9.96. The van der Waals surface area contributed by atoms with E-state index in [1.54, 1.807) is 19.1 Å². The normalized spacial score (nSPS) is 21.3. The van der Waals surface area contributed by atoms with E-state index in [0.717, 1.165) is 6.08 Å². The average molecular weight is 302 g/mol. The standard InChI is InChI=1S/C14H13F3O4/c1-3-20-13(14(15,16)17)10(12(18)19)7-9-6-4-5-8(2)11(9)21-13/h4-7H,3H2,1-2H3,(H,18,19). The largest absolute Gasteiger partial charge is 0.478 e. The number of aliphatic carboxylic acids is 1. The van der Waals surface area contributed by atoms with Crippen LogP contribution in [-0.4, -0.2) is 29.6 Å². The van der Waals surface area contributed by atoms with Crippen molar-refractivity contribution in [3.05, 3.63) is 34.9 Å². The second-order valence-electron chi connectivity index (χ2n) is 4.51. The molecule has 1 unspecified atom stereocenters. The zero-order valence-corrected chi connectivity index (χ0v) is 11.3. The van der Waals surface area contributed by atoms with Crippen molar-refractivity contribution >= 4 is 12.0 Å². The summed E-state index contributed by atoms with van der Waals surface area (Å²) in [5.41, 5.74) is -0.261. The minimum absolute atomic E-state index is 0.0340. The Morgan fingerprint density at radius 2 is 2.10 bits per heavy atom. The number of hydrogen-bond acceptors (Lipinski definition) is 3. The fraction of sp³-hybridized carbons (Fsp3) is 0.357. The Hall–Kier alpha value is -2.02. The van der Waals surface area contributed by atoms with Gasteiger partial charge in [-0.2, -0.15) is 13.2 Å². The molecule has 0 radical (unpaired) electrons. The van der Waals surface area contributed by atoms with Crippen molar-refractivity contribution in [2.45, 2.75) is 25.8 Å². The second-order valence-corrected chi connectivity index (χ2v) is 4.51. The SMILES string of the molecule is CCOC1(C(F)(F)F)Oc2c(C)cccc2C=C1C(=O)O. The van der Waals surface area contributed by atoms with E-state index in [2.05, 4.69) is 0 Å². The molecule has 1 aliphatic heterocycles. The number of carboxylic acid groups (broad SMARTS) is 1. The summed E-state index contributed by atoms with van der Waals surface area (Å²) in [6, 6.07) is 4.66. The van der Waals surface area contributed by atoms with Crippen LogP contribution in [0.5, 0.6) is 5.75 Å². The first-order valence-corrected chi connectivity index (χ1v) is 6.17. The Morgan fingerprint density at radius 1 is 1.43 bits per heavy atom.